The SMILES string of the molecule is COC(=O)c1ccc(C(C#N)=C2c3cccnc3-c3ncccc32)cc1. The number of ether oxygens (including phenoxy) is 1. The van der Waals surface area contributed by atoms with Gasteiger partial charge in [0, 0.05) is 29.1 Å². The molecule has 1 aromatic carbocycles. The van der Waals surface area contributed by atoms with Gasteiger partial charge in [0.15, 0.2) is 0 Å². The highest BCUT2D eigenvalue weighted by Crippen LogP contribution is 2.44. The van der Waals surface area contributed by atoms with E-state index in [9.17, 15) is 10.1 Å². The minimum atomic E-state index is -0.410. The highest BCUT2D eigenvalue weighted by Gasteiger charge is 2.28. The van der Waals surface area contributed by atoms with Crippen LogP contribution in [0.5, 0.6) is 0 Å². The zero-order valence-corrected chi connectivity index (χ0v) is 13.9. The molecule has 1 aliphatic carbocycles. The molecule has 0 bridgehead atoms. The molecule has 124 valence electrons. The third-order valence-corrected chi connectivity index (χ3v) is 4.33. The summed E-state index contributed by atoms with van der Waals surface area (Å²) in [6.45, 7) is 0. The van der Waals surface area contributed by atoms with E-state index in [4.69, 9.17) is 4.74 Å². The molecule has 2 aromatic heterocycles. The molecule has 0 N–H and O–H groups in total. The van der Waals surface area contributed by atoms with Crippen LogP contribution in [0, 0.1) is 11.3 Å². The number of carbonyl (C=O) groups is 1. The maximum atomic E-state index is 11.6. The Bertz CT molecular complexity index is 1050. The third-order valence-electron chi connectivity index (χ3n) is 4.33. The summed E-state index contributed by atoms with van der Waals surface area (Å²) in [5.74, 6) is -0.410. The molecule has 1 aliphatic rings. The Balaban J connectivity index is 1.94. The van der Waals surface area contributed by atoms with Gasteiger partial charge in [0.2, 0.25) is 0 Å². The topological polar surface area (TPSA) is 75.9 Å². The lowest BCUT2D eigenvalue weighted by atomic mass is 9.94. The summed E-state index contributed by atoms with van der Waals surface area (Å²) in [5.41, 5.74) is 5.81. The fraction of sp³-hybridized carbons (Fsp3) is 0.0476. The average Bonchev–Trinajstić information content (AvgIpc) is 3.03. The van der Waals surface area contributed by atoms with Gasteiger partial charge >= 0.3 is 5.97 Å². The zero-order chi connectivity index (χ0) is 18.1. The number of carbonyl (C=O) groups excluding carboxylic acids is 1. The number of aromatic nitrogens is 2. The van der Waals surface area contributed by atoms with Crippen LogP contribution < -0.4 is 0 Å². The number of nitriles is 1. The summed E-state index contributed by atoms with van der Waals surface area (Å²) in [6, 6.07) is 16.7. The third kappa shape index (κ3) is 2.36. The first-order valence-electron chi connectivity index (χ1n) is 7.99. The second kappa shape index (κ2) is 6.26. The average molecular weight is 339 g/mol. The Kier molecular flexibility index (Phi) is 3.79. The first kappa shape index (κ1) is 15.7. The number of nitrogens with zero attached hydrogens (tertiary/aromatic N) is 3. The van der Waals surface area contributed by atoms with Crippen molar-refractivity contribution in [3.8, 4) is 17.5 Å². The first-order valence-corrected chi connectivity index (χ1v) is 7.99. The van der Waals surface area contributed by atoms with Crippen molar-refractivity contribution in [1.29, 1.82) is 5.26 Å². The Morgan fingerprint density at radius 1 is 0.923 bits per heavy atom. The minimum absolute atomic E-state index is 0.410. The van der Waals surface area contributed by atoms with E-state index in [1.165, 1.54) is 7.11 Å². The van der Waals surface area contributed by atoms with Gasteiger partial charge in [-0.2, -0.15) is 5.26 Å². The van der Waals surface area contributed by atoms with Crippen molar-refractivity contribution >= 4 is 17.1 Å². The maximum absolute atomic E-state index is 11.6. The minimum Gasteiger partial charge on any atom is -0.465 e. The highest BCUT2D eigenvalue weighted by molar-refractivity contribution is 6.11. The van der Waals surface area contributed by atoms with E-state index >= 15 is 0 Å². The van der Waals surface area contributed by atoms with Gasteiger partial charge in [-0.1, -0.05) is 24.3 Å². The summed E-state index contributed by atoms with van der Waals surface area (Å²) in [5, 5.41) is 9.88. The van der Waals surface area contributed by atoms with E-state index in [-0.39, 0.29) is 0 Å². The number of fused-ring (bicyclic) bond motifs is 3. The predicted molar refractivity (Wildman–Crippen MR) is 96.8 cm³/mol. The lowest BCUT2D eigenvalue weighted by Gasteiger charge is -2.08. The monoisotopic (exact) mass is 339 g/mol. The number of pyridine rings is 2. The number of benzene rings is 1. The van der Waals surface area contributed by atoms with Crippen molar-refractivity contribution in [2.75, 3.05) is 7.11 Å². The van der Waals surface area contributed by atoms with Crippen molar-refractivity contribution in [3.63, 3.8) is 0 Å². The lowest BCUT2D eigenvalue weighted by molar-refractivity contribution is 0.0600. The van der Waals surface area contributed by atoms with Gasteiger partial charge in [0.25, 0.3) is 0 Å². The van der Waals surface area contributed by atoms with Crippen molar-refractivity contribution in [1.82, 2.24) is 9.97 Å². The number of rotatable bonds is 2. The molecule has 0 aliphatic heterocycles. The van der Waals surface area contributed by atoms with E-state index in [2.05, 4.69) is 16.0 Å². The van der Waals surface area contributed by atoms with Gasteiger partial charge in [-0.3, -0.25) is 9.97 Å². The van der Waals surface area contributed by atoms with Crippen LogP contribution in [0.25, 0.3) is 22.5 Å². The molecule has 0 saturated heterocycles. The number of allylic oxidation sites excluding steroid dienone is 1. The second-order valence-electron chi connectivity index (χ2n) is 5.73. The molecule has 0 fully saturated rings. The summed E-state index contributed by atoms with van der Waals surface area (Å²) < 4.78 is 4.72. The molecule has 2 heterocycles. The van der Waals surface area contributed by atoms with E-state index in [1.807, 2.05) is 24.3 Å². The van der Waals surface area contributed by atoms with Crippen molar-refractivity contribution < 1.29 is 9.53 Å². The molecule has 5 heteroatoms. The molecule has 26 heavy (non-hydrogen) atoms. The standard InChI is InChI=1S/C21H13N3O2/c1-26-21(25)14-8-6-13(7-9-14)17(12-22)18-15-4-2-10-23-19(15)20-16(18)5-3-11-24-20/h2-11H,1H3. The van der Waals surface area contributed by atoms with E-state index in [1.54, 1.807) is 36.7 Å². The smallest absolute Gasteiger partial charge is 0.337 e. The molecule has 0 atom stereocenters. The Morgan fingerprint density at radius 2 is 1.46 bits per heavy atom. The summed E-state index contributed by atoms with van der Waals surface area (Å²) in [6.07, 6.45) is 3.44. The molecule has 0 saturated carbocycles. The van der Waals surface area contributed by atoms with Gasteiger partial charge in [0.1, 0.15) is 6.07 Å². The molecular formula is C21H13N3O2. The molecular weight excluding hydrogens is 326 g/mol. The van der Waals surface area contributed by atoms with Gasteiger partial charge in [0.05, 0.1) is 29.6 Å². The summed E-state index contributed by atoms with van der Waals surface area (Å²) in [7, 11) is 1.34. The zero-order valence-electron chi connectivity index (χ0n) is 13.9. The van der Waals surface area contributed by atoms with E-state index in [0.717, 1.165) is 33.7 Å². The second-order valence-corrected chi connectivity index (χ2v) is 5.73. The Morgan fingerprint density at radius 3 is 1.96 bits per heavy atom. The van der Waals surface area contributed by atoms with Crippen LogP contribution in [-0.4, -0.2) is 23.0 Å². The van der Waals surface area contributed by atoms with Gasteiger partial charge in [-0.05, 0) is 29.8 Å². The molecule has 0 spiro atoms. The van der Waals surface area contributed by atoms with Gasteiger partial charge in [-0.15, -0.1) is 0 Å². The van der Waals surface area contributed by atoms with Crippen LogP contribution in [-0.2, 0) is 4.74 Å². The Hall–Kier alpha value is -3.78. The fourth-order valence-corrected chi connectivity index (χ4v) is 3.16. The van der Waals surface area contributed by atoms with Crippen molar-refractivity contribution in [2.24, 2.45) is 0 Å². The first-order chi connectivity index (χ1) is 12.7. The lowest BCUT2D eigenvalue weighted by Crippen LogP contribution is -2.01. The van der Waals surface area contributed by atoms with E-state index < -0.39 is 5.97 Å². The Labute approximate surface area is 150 Å². The van der Waals surface area contributed by atoms with Gasteiger partial charge in [-0.25, -0.2) is 4.79 Å². The largest absolute Gasteiger partial charge is 0.465 e. The van der Waals surface area contributed by atoms with Crippen LogP contribution in [0.4, 0.5) is 0 Å². The van der Waals surface area contributed by atoms with Gasteiger partial charge < -0.3 is 4.74 Å². The van der Waals surface area contributed by atoms with Crippen LogP contribution in [0.2, 0.25) is 0 Å². The van der Waals surface area contributed by atoms with Crippen LogP contribution in [0.1, 0.15) is 27.0 Å². The normalized spacial score (nSPS) is 11.3. The number of esters is 1. The molecule has 3 aromatic rings. The quantitative estimate of drug-likeness (QED) is 0.411. The molecule has 5 nitrogen and oxygen atoms in total. The summed E-state index contributed by atoms with van der Waals surface area (Å²) >= 11 is 0. The fourth-order valence-electron chi connectivity index (χ4n) is 3.16. The van der Waals surface area contributed by atoms with Crippen LogP contribution in [0.15, 0.2) is 60.9 Å². The molecule has 4 rings (SSSR count). The highest BCUT2D eigenvalue weighted by atomic mass is 16.5. The number of hydrogen-bond acceptors (Lipinski definition) is 5. The molecule has 0 unspecified atom stereocenters. The van der Waals surface area contributed by atoms with Crippen LogP contribution in [0.3, 0.4) is 0 Å². The summed E-state index contributed by atoms with van der Waals surface area (Å²) in [4.78, 5) is 20.5. The van der Waals surface area contributed by atoms with Crippen molar-refractivity contribution in [2.45, 2.75) is 0 Å². The number of hydrogen-bond donors (Lipinski definition) is 0. The molecule has 0 amide bonds. The van der Waals surface area contributed by atoms with Crippen LogP contribution >= 0.6 is 0 Å². The van der Waals surface area contributed by atoms with Crippen molar-refractivity contribution in [3.05, 3.63) is 83.2 Å². The maximum Gasteiger partial charge on any atom is 0.337 e. The predicted octanol–water partition coefficient (Wildman–Crippen LogP) is 3.73. The molecule has 0 radical (unpaired) electrons. The van der Waals surface area contributed by atoms with E-state index in [0.29, 0.717) is 11.1 Å². The number of methoxy groups -OCH3 is 1.